The van der Waals surface area contributed by atoms with E-state index in [9.17, 15) is 14.4 Å². The van der Waals surface area contributed by atoms with Gasteiger partial charge in [0.15, 0.2) is 6.61 Å². The molecule has 6 nitrogen and oxygen atoms in total. The Kier molecular flexibility index (Phi) is 6.92. The van der Waals surface area contributed by atoms with E-state index in [2.05, 4.69) is 21.2 Å². The maximum atomic E-state index is 12.5. The molecular weight excluding hydrogens is 448 g/mol. The first kappa shape index (κ1) is 22.0. The predicted octanol–water partition coefficient (Wildman–Crippen LogP) is 4.16. The molecule has 2 aromatic rings. The molecule has 1 N–H and O–H groups in total. The molecule has 1 aliphatic heterocycles. The highest BCUT2D eigenvalue weighted by Gasteiger charge is 2.37. The minimum absolute atomic E-state index is 0.0868. The van der Waals surface area contributed by atoms with E-state index in [-0.39, 0.29) is 25.5 Å². The van der Waals surface area contributed by atoms with Crippen LogP contribution in [0.15, 0.2) is 40.9 Å². The molecule has 0 aliphatic carbocycles. The summed E-state index contributed by atoms with van der Waals surface area (Å²) >= 11 is 3.46. The van der Waals surface area contributed by atoms with Crippen molar-refractivity contribution in [3.8, 4) is 0 Å². The zero-order valence-corrected chi connectivity index (χ0v) is 18.9. The van der Waals surface area contributed by atoms with E-state index >= 15 is 0 Å². The van der Waals surface area contributed by atoms with E-state index in [4.69, 9.17) is 4.74 Å². The number of hydrogen-bond acceptors (Lipinski definition) is 4. The summed E-state index contributed by atoms with van der Waals surface area (Å²) in [7, 11) is 0. The van der Waals surface area contributed by atoms with Crippen molar-refractivity contribution >= 4 is 45.1 Å². The van der Waals surface area contributed by atoms with Gasteiger partial charge in [-0.2, -0.15) is 0 Å². The van der Waals surface area contributed by atoms with Gasteiger partial charge in [-0.05, 0) is 55.2 Å². The summed E-state index contributed by atoms with van der Waals surface area (Å²) in [6, 6.07) is 11.5. The van der Waals surface area contributed by atoms with E-state index < -0.39 is 17.8 Å². The van der Waals surface area contributed by atoms with Crippen molar-refractivity contribution in [3.05, 3.63) is 57.6 Å². The minimum Gasteiger partial charge on any atom is -0.455 e. The summed E-state index contributed by atoms with van der Waals surface area (Å²) in [6.45, 7) is 5.72. The smallest absolute Gasteiger partial charge is 0.311 e. The monoisotopic (exact) mass is 472 g/mol. The normalized spacial score (nSPS) is 15.9. The average Bonchev–Trinajstić information content (AvgIpc) is 3.11. The largest absolute Gasteiger partial charge is 0.455 e. The first-order valence-corrected chi connectivity index (χ1v) is 10.7. The van der Waals surface area contributed by atoms with Crippen LogP contribution in [0.3, 0.4) is 0 Å². The second-order valence-corrected chi connectivity index (χ2v) is 8.31. The van der Waals surface area contributed by atoms with E-state index in [1.54, 1.807) is 4.90 Å². The number of anilines is 2. The summed E-state index contributed by atoms with van der Waals surface area (Å²) in [6.07, 6.45) is 0.883. The van der Waals surface area contributed by atoms with Gasteiger partial charge in [0, 0.05) is 28.8 Å². The van der Waals surface area contributed by atoms with Crippen LogP contribution in [-0.4, -0.2) is 30.9 Å². The van der Waals surface area contributed by atoms with Gasteiger partial charge in [0.05, 0.1) is 5.92 Å². The lowest BCUT2D eigenvalue weighted by Gasteiger charge is -2.19. The number of aryl methyl sites for hydroxylation is 3. The summed E-state index contributed by atoms with van der Waals surface area (Å²) < 4.78 is 6.17. The lowest BCUT2D eigenvalue weighted by molar-refractivity contribution is -0.151. The molecule has 2 amide bonds. The molecule has 2 aromatic carbocycles. The van der Waals surface area contributed by atoms with Gasteiger partial charge < -0.3 is 15.0 Å². The first-order valence-electron chi connectivity index (χ1n) is 9.91. The van der Waals surface area contributed by atoms with Gasteiger partial charge in [-0.1, -0.05) is 41.1 Å². The molecule has 0 spiro atoms. The van der Waals surface area contributed by atoms with E-state index in [0.29, 0.717) is 5.69 Å². The SMILES string of the molecule is CCc1ccccc1N1C[C@H](C(=O)OCC(=O)Nc2cc(C)c(Br)cc2C)CC1=O. The Bertz CT molecular complexity index is 989. The minimum atomic E-state index is -0.577. The summed E-state index contributed by atoms with van der Waals surface area (Å²) in [5, 5.41) is 2.77. The van der Waals surface area contributed by atoms with E-state index in [0.717, 1.165) is 33.3 Å². The molecule has 0 radical (unpaired) electrons. The maximum absolute atomic E-state index is 12.5. The highest BCUT2D eigenvalue weighted by Crippen LogP contribution is 2.29. The molecule has 0 bridgehead atoms. The molecule has 158 valence electrons. The van der Waals surface area contributed by atoms with Gasteiger partial charge in [0.2, 0.25) is 5.91 Å². The van der Waals surface area contributed by atoms with Crippen LogP contribution in [-0.2, 0) is 25.5 Å². The Balaban J connectivity index is 1.57. The third-order valence-corrected chi connectivity index (χ3v) is 6.10. The van der Waals surface area contributed by atoms with Crippen LogP contribution in [0.5, 0.6) is 0 Å². The molecule has 0 aromatic heterocycles. The van der Waals surface area contributed by atoms with Crippen molar-refractivity contribution in [2.24, 2.45) is 5.92 Å². The molecule has 0 saturated carbocycles. The lowest BCUT2D eigenvalue weighted by atomic mass is 10.1. The van der Waals surface area contributed by atoms with Gasteiger partial charge in [-0.15, -0.1) is 0 Å². The van der Waals surface area contributed by atoms with Gasteiger partial charge >= 0.3 is 5.97 Å². The number of amides is 2. The Morgan fingerprint density at radius 3 is 2.67 bits per heavy atom. The van der Waals surface area contributed by atoms with Crippen molar-refractivity contribution in [1.29, 1.82) is 0 Å². The number of nitrogens with zero attached hydrogens (tertiary/aromatic N) is 1. The van der Waals surface area contributed by atoms with Crippen LogP contribution in [0.25, 0.3) is 0 Å². The Hall–Kier alpha value is -2.67. The van der Waals surface area contributed by atoms with Crippen molar-refractivity contribution in [2.75, 3.05) is 23.4 Å². The quantitative estimate of drug-likeness (QED) is 0.640. The highest BCUT2D eigenvalue weighted by molar-refractivity contribution is 9.10. The standard InChI is InChI=1S/C23H25BrN2O4/c1-4-16-7-5-6-8-20(16)26-12-17(11-22(26)28)23(29)30-13-21(27)25-19-10-14(2)18(24)9-15(19)3/h5-10,17H,4,11-13H2,1-3H3,(H,25,27)/t17-/m1/s1. The fraction of sp³-hybridized carbons (Fsp3) is 0.348. The fourth-order valence-corrected chi connectivity index (χ4v) is 3.99. The van der Waals surface area contributed by atoms with Crippen LogP contribution in [0.1, 0.15) is 30.0 Å². The number of carbonyl (C=O) groups is 3. The van der Waals surface area contributed by atoms with Crippen molar-refractivity contribution < 1.29 is 19.1 Å². The first-order chi connectivity index (χ1) is 14.3. The molecule has 1 atom stereocenters. The Labute approximate surface area is 184 Å². The third-order valence-electron chi connectivity index (χ3n) is 5.25. The van der Waals surface area contributed by atoms with Crippen LogP contribution in [0, 0.1) is 19.8 Å². The molecule has 0 unspecified atom stereocenters. The van der Waals surface area contributed by atoms with E-state index in [1.165, 1.54) is 0 Å². The molecule has 1 fully saturated rings. The van der Waals surface area contributed by atoms with Crippen molar-refractivity contribution in [2.45, 2.75) is 33.6 Å². The number of hydrogen-bond donors (Lipinski definition) is 1. The number of para-hydroxylation sites is 1. The molecule has 3 rings (SSSR count). The molecule has 30 heavy (non-hydrogen) atoms. The summed E-state index contributed by atoms with van der Waals surface area (Å²) in [4.78, 5) is 38.8. The van der Waals surface area contributed by atoms with Crippen molar-refractivity contribution in [1.82, 2.24) is 0 Å². The number of carbonyl (C=O) groups excluding carboxylic acids is 3. The van der Waals surface area contributed by atoms with Crippen LogP contribution >= 0.6 is 15.9 Å². The van der Waals surface area contributed by atoms with Crippen molar-refractivity contribution in [3.63, 3.8) is 0 Å². The van der Waals surface area contributed by atoms with Crippen LogP contribution in [0.4, 0.5) is 11.4 Å². The second kappa shape index (κ2) is 9.43. The zero-order valence-electron chi connectivity index (χ0n) is 17.3. The lowest BCUT2D eigenvalue weighted by Crippen LogP contribution is -2.28. The number of ether oxygens (including phenoxy) is 1. The number of nitrogens with one attached hydrogen (secondary N) is 1. The molecular formula is C23H25BrN2O4. The number of esters is 1. The number of halogens is 1. The van der Waals surface area contributed by atoms with Gasteiger partial charge in [-0.25, -0.2) is 0 Å². The molecule has 1 saturated heterocycles. The number of rotatable bonds is 6. The van der Waals surface area contributed by atoms with Crippen LogP contribution < -0.4 is 10.2 Å². The molecule has 1 heterocycles. The van der Waals surface area contributed by atoms with E-state index in [1.807, 2.05) is 57.2 Å². The summed E-state index contributed by atoms with van der Waals surface area (Å²) in [5.41, 5.74) is 4.46. The Morgan fingerprint density at radius 1 is 1.20 bits per heavy atom. The molecule has 7 heteroatoms. The second-order valence-electron chi connectivity index (χ2n) is 7.46. The predicted molar refractivity (Wildman–Crippen MR) is 119 cm³/mol. The summed E-state index contributed by atoms with van der Waals surface area (Å²) in [5.74, 6) is -1.63. The zero-order chi connectivity index (χ0) is 21.8. The topological polar surface area (TPSA) is 75.7 Å². The average molecular weight is 473 g/mol. The highest BCUT2D eigenvalue weighted by atomic mass is 79.9. The van der Waals surface area contributed by atoms with Gasteiger partial charge in [0.25, 0.3) is 5.91 Å². The van der Waals surface area contributed by atoms with Crippen LogP contribution in [0.2, 0.25) is 0 Å². The third kappa shape index (κ3) is 4.90. The Morgan fingerprint density at radius 2 is 1.93 bits per heavy atom. The van der Waals surface area contributed by atoms with Gasteiger partial charge in [0.1, 0.15) is 0 Å². The van der Waals surface area contributed by atoms with Gasteiger partial charge in [-0.3, -0.25) is 14.4 Å². The molecule has 1 aliphatic rings. The maximum Gasteiger partial charge on any atom is 0.311 e. The number of benzene rings is 2. The fourth-order valence-electron chi connectivity index (χ4n) is 3.53.